The highest BCUT2D eigenvalue weighted by Gasteiger charge is 2.13. The second-order valence-electron chi connectivity index (χ2n) is 6.11. The van der Waals surface area contributed by atoms with Crippen molar-refractivity contribution in [1.29, 1.82) is 0 Å². The Kier molecular flexibility index (Phi) is 6.42. The molecule has 1 heterocycles. The number of benzene rings is 2. The van der Waals surface area contributed by atoms with E-state index in [1.165, 1.54) is 20.4 Å². The summed E-state index contributed by atoms with van der Waals surface area (Å²) in [6.45, 7) is 0.247. The Morgan fingerprint density at radius 3 is 2.41 bits per heavy atom. The topological polar surface area (TPSA) is 89.6 Å². The third-order valence-corrected chi connectivity index (χ3v) is 4.27. The SMILES string of the molecule is COc1ccc(C(=O)NCc2ccccc2NC(=O)c2cccnc2)cc1OC. The summed E-state index contributed by atoms with van der Waals surface area (Å²) in [6.07, 6.45) is 3.10. The number of amides is 2. The van der Waals surface area contributed by atoms with Crippen LogP contribution in [-0.2, 0) is 6.54 Å². The van der Waals surface area contributed by atoms with Gasteiger partial charge in [0.1, 0.15) is 0 Å². The minimum Gasteiger partial charge on any atom is -0.493 e. The highest BCUT2D eigenvalue weighted by Crippen LogP contribution is 2.27. The van der Waals surface area contributed by atoms with Gasteiger partial charge in [-0.05, 0) is 42.0 Å². The number of hydrogen-bond donors (Lipinski definition) is 2. The fraction of sp³-hybridized carbons (Fsp3) is 0.136. The lowest BCUT2D eigenvalue weighted by Gasteiger charge is -2.13. The molecule has 7 heteroatoms. The van der Waals surface area contributed by atoms with Gasteiger partial charge < -0.3 is 20.1 Å². The number of nitrogens with zero attached hydrogens (tertiary/aromatic N) is 1. The van der Waals surface area contributed by atoms with E-state index in [1.807, 2.05) is 18.2 Å². The summed E-state index contributed by atoms with van der Waals surface area (Å²) in [5.41, 5.74) is 2.30. The fourth-order valence-electron chi connectivity index (χ4n) is 2.74. The first kappa shape index (κ1) is 19.9. The van der Waals surface area contributed by atoms with Crippen LogP contribution in [0.25, 0.3) is 0 Å². The minimum absolute atomic E-state index is 0.247. The molecule has 0 radical (unpaired) electrons. The fourth-order valence-corrected chi connectivity index (χ4v) is 2.74. The molecule has 2 N–H and O–H groups in total. The molecule has 2 amide bonds. The van der Waals surface area contributed by atoms with E-state index >= 15 is 0 Å². The van der Waals surface area contributed by atoms with Crippen molar-refractivity contribution in [3.63, 3.8) is 0 Å². The molecule has 0 atom stereocenters. The Morgan fingerprint density at radius 2 is 1.69 bits per heavy atom. The molecule has 2 aromatic carbocycles. The average molecular weight is 391 g/mol. The highest BCUT2D eigenvalue weighted by molar-refractivity contribution is 6.04. The van der Waals surface area contributed by atoms with Crippen LogP contribution >= 0.6 is 0 Å². The van der Waals surface area contributed by atoms with Crippen molar-refractivity contribution in [2.24, 2.45) is 0 Å². The zero-order valence-electron chi connectivity index (χ0n) is 16.1. The minimum atomic E-state index is -0.267. The number of carbonyl (C=O) groups excluding carboxylic acids is 2. The van der Waals surface area contributed by atoms with Crippen molar-refractivity contribution in [3.8, 4) is 11.5 Å². The van der Waals surface area contributed by atoms with Gasteiger partial charge in [-0.3, -0.25) is 14.6 Å². The van der Waals surface area contributed by atoms with E-state index in [2.05, 4.69) is 15.6 Å². The summed E-state index contributed by atoms with van der Waals surface area (Å²) >= 11 is 0. The van der Waals surface area contributed by atoms with Gasteiger partial charge in [0.2, 0.25) is 0 Å². The van der Waals surface area contributed by atoms with Crippen LogP contribution in [0.5, 0.6) is 11.5 Å². The third-order valence-electron chi connectivity index (χ3n) is 4.27. The van der Waals surface area contributed by atoms with Crippen LogP contribution in [0, 0.1) is 0 Å². The Labute approximate surface area is 168 Å². The van der Waals surface area contributed by atoms with Gasteiger partial charge in [-0.25, -0.2) is 0 Å². The lowest BCUT2D eigenvalue weighted by Crippen LogP contribution is -2.24. The van der Waals surface area contributed by atoms with Crippen LogP contribution in [0.15, 0.2) is 67.0 Å². The number of methoxy groups -OCH3 is 2. The highest BCUT2D eigenvalue weighted by atomic mass is 16.5. The predicted molar refractivity (Wildman–Crippen MR) is 109 cm³/mol. The van der Waals surface area contributed by atoms with E-state index in [9.17, 15) is 9.59 Å². The van der Waals surface area contributed by atoms with Gasteiger partial charge in [0.05, 0.1) is 19.8 Å². The van der Waals surface area contributed by atoms with Gasteiger partial charge >= 0.3 is 0 Å². The third kappa shape index (κ3) is 4.90. The monoisotopic (exact) mass is 391 g/mol. The summed E-state index contributed by atoms with van der Waals surface area (Å²) in [4.78, 5) is 28.9. The molecule has 0 unspecified atom stereocenters. The molecule has 0 aliphatic rings. The molecule has 0 spiro atoms. The van der Waals surface area contributed by atoms with Crippen molar-refractivity contribution >= 4 is 17.5 Å². The first-order valence-corrected chi connectivity index (χ1v) is 8.92. The van der Waals surface area contributed by atoms with Gasteiger partial charge in [0.15, 0.2) is 11.5 Å². The zero-order valence-corrected chi connectivity index (χ0v) is 16.1. The Hall–Kier alpha value is -3.87. The van der Waals surface area contributed by atoms with E-state index in [1.54, 1.807) is 42.6 Å². The van der Waals surface area contributed by atoms with Crippen LogP contribution in [0.3, 0.4) is 0 Å². The number of pyridine rings is 1. The molecular weight excluding hydrogens is 370 g/mol. The number of aromatic nitrogens is 1. The largest absolute Gasteiger partial charge is 0.493 e. The maximum absolute atomic E-state index is 12.5. The van der Waals surface area contributed by atoms with E-state index in [-0.39, 0.29) is 18.4 Å². The van der Waals surface area contributed by atoms with Crippen molar-refractivity contribution in [2.75, 3.05) is 19.5 Å². The normalized spacial score (nSPS) is 10.1. The lowest BCUT2D eigenvalue weighted by molar-refractivity contribution is 0.0950. The maximum Gasteiger partial charge on any atom is 0.257 e. The first-order chi connectivity index (χ1) is 14.1. The van der Waals surface area contributed by atoms with Gasteiger partial charge in [-0.2, -0.15) is 0 Å². The molecule has 7 nitrogen and oxygen atoms in total. The summed E-state index contributed by atoms with van der Waals surface area (Å²) < 4.78 is 10.4. The van der Waals surface area contributed by atoms with Crippen molar-refractivity contribution < 1.29 is 19.1 Å². The number of rotatable bonds is 7. The standard InChI is InChI=1S/C22H21N3O4/c1-28-19-10-9-15(12-20(19)29-2)21(26)24-14-16-6-3-4-8-18(16)25-22(27)17-7-5-11-23-13-17/h3-13H,14H2,1-2H3,(H,24,26)(H,25,27). The van der Waals surface area contributed by atoms with Gasteiger partial charge in [-0.1, -0.05) is 18.2 Å². The summed E-state index contributed by atoms with van der Waals surface area (Å²) in [7, 11) is 3.05. The van der Waals surface area contributed by atoms with E-state index in [4.69, 9.17) is 9.47 Å². The molecule has 0 saturated carbocycles. The Bertz CT molecular complexity index is 1010. The second-order valence-corrected chi connectivity index (χ2v) is 6.11. The molecule has 0 aliphatic heterocycles. The molecule has 29 heavy (non-hydrogen) atoms. The van der Waals surface area contributed by atoms with E-state index in [0.29, 0.717) is 28.3 Å². The molecule has 0 saturated heterocycles. The molecule has 0 bridgehead atoms. The Balaban J connectivity index is 1.70. The quantitative estimate of drug-likeness (QED) is 0.645. The number of carbonyl (C=O) groups is 2. The summed E-state index contributed by atoms with van der Waals surface area (Å²) in [6, 6.07) is 15.6. The molecule has 1 aromatic heterocycles. The van der Waals surface area contributed by atoms with Crippen molar-refractivity contribution in [2.45, 2.75) is 6.54 Å². The van der Waals surface area contributed by atoms with E-state index in [0.717, 1.165) is 5.56 Å². The first-order valence-electron chi connectivity index (χ1n) is 8.92. The van der Waals surface area contributed by atoms with Crippen molar-refractivity contribution in [3.05, 3.63) is 83.7 Å². The molecule has 148 valence electrons. The average Bonchev–Trinajstić information content (AvgIpc) is 2.78. The summed E-state index contributed by atoms with van der Waals surface area (Å²) in [5.74, 6) is 0.493. The van der Waals surface area contributed by atoms with Crippen LogP contribution in [-0.4, -0.2) is 31.0 Å². The lowest BCUT2D eigenvalue weighted by atomic mass is 10.1. The number of nitrogens with one attached hydrogen (secondary N) is 2. The van der Waals surface area contributed by atoms with Crippen molar-refractivity contribution in [1.82, 2.24) is 10.3 Å². The molecule has 0 aliphatic carbocycles. The van der Waals surface area contributed by atoms with Crippen LogP contribution in [0.2, 0.25) is 0 Å². The predicted octanol–water partition coefficient (Wildman–Crippen LogP) is 3.28. The Morgan fingerprint density at radius 1 is 0.897 bits per heavy atom. The zero-order chi connectivity index (χ0) is 20.6. The maximum atomic E-state index is 12.5. The summed E-state index contributed by atoms with van der Waals surface area (Å²) in [5, 5.41) is 5.72. The van der Waals surface area contributed by atoms with Gasteiger partial charge in [-0.15, -0.1) is 0 Å². The molecule has 3 rings (SSSR count). The number of ether oxygens (including phenoxy) is 2. The van der Waals surface area contributed by atoms with Gasteiger partial charge in [0, 0.05) is 30.2 Å². The second kappa shape index (κ2) is 9.36. The van der Waals surface area contributed by atoms with Crippen LogP contribution < -0.4 is 20.1 Å². The molecule has 3 aromatic rings. The number of para-hydroxylation sites is 1. The number of anilines is 1. The molecule has 0 fully saturated rings. The molecular formula is C22H21N3O4. The van der Waals surface area contributed by atoms with Gasteiger partial charge in [0.25, 0.3) is 11.8 Å². The number of hydrogen-bond acceptors (Lipinski definition) is 5. The van der Waals surface area contributed by atoms with E-state index < -0.39 is 0 Å². The van der Waals surface area contributed by atoms with Crippen LogP contribution in [0.1, 0.15) is 26.3 Å². The smallest absolute Gasteiger partial charge is 0.257 e. The van der Waals surface area contributed by atoms with Crippen LogP contribution in [0.4, 0.5) is 5.69 Å².